The maximum Gasteiger partial charge on any atom is 0.166 e. The molecule has 0 unspecified atom stereocenters. The molecule has 0 saturated heterocycles. The van der Waals surface area contributed by atoms with Gasteiger partial charge < -0.3 is 4.74 Å². The van der Waals surface area contributed by atoms with Crippen LogP contribution < -0.4 is 4.74 Å². The van der Waals surface area contributed by atoms with Crippen LogP contribution in [0.25, 0.3) is 0 Å². The molecule has 4 heteroatoms. The summed E-state index contributed by atoms with van der Waals surface area (Å²) < 4.78 is 18.7. The Kier molecular flexibility index (Phi) is 3.94. The summed E-state index contributed by atoms with van der Waals surface area (Å²) in [5, 5.41) is 0.365. The van der Waals surface area contributed by atoms with Gasteiger partial charge in [0.1, 0.15) is 0 Å². The predicted molar refractivity (Wildman–Crippen MR) is 64.8 cm³/mol. The summed E-state index contributed by atoms with van der Waals surface area (Å²) in [5.41, 5.74) is 1.11. The van der Waals surface area contributed by atoms with Crippen LogP contribution in [0.3, 0.4) is 0 Å². The predicted octanol–water partition coefficient (Wildman–Crippen LogP) is 3.50. The summed E-state index contributed by atoms with van der Waals surface area (Å²) >= 11 is 5.64. The van der Waals surface area contributed by atoms with Gasteiger partial charge in [-0.3, -0.25) is 4.98 Å². The van der Waals surface area contributed by atoms with Crippen molar-refractivity contribution in [3.63, 3.8) is 0 Å². The smallest absolute Gasteiger partial charge is 0.166 e. The minimum atomic E-state index is -0.438. The molecule has 0 aliphatic carbocycles. The molecule has 2 aromatic rings. The molecule has 0 aliphatic heterocycles. The SMILES string of the molecule is Fc1cc(Cl)ccc1OCCc1ccncc1. The van der Waals surface area contributed by atoms with E-state index >= 15 is 0 Å². The van der Waals surface area contributed by atoms with Crippen molar-refractivity contribution in [1.82, 2.24) is 4.98 Å². The minimum Gasteiger partial charge on any atom is -0.490 e. The molecule has 0 fully saturated rings. The molecule has 1 aromatic carbocycles. The molecule has 0 spiro atoms. The molecule has 0 radical (unpaired) electrons. The zero-order chi connectivity index (χ0) is 12.1. The van der Waals surface area contributed by atoms with Crippen LogP contribution in [0.1, 0.15) is 5.56 Å². The van der Waals surface area contributed by atoms with E-state index in [4.69, 9.17) is 16.3 Å². The molecule has 0 bridgehead atoms. The van der Waals surface area contributed by atoms with Crippen molar-refractivity contribution in [2.75, 3.05) is 6.61 Å². The van der Waals surface area contributed by atoms with E-state index in [1.807, 2.05) is 12.1 Å². The highest BCUT2D eigenvalue weighted by atomic mass is 35.5. The third-order valence-corrected chi connectivity index (χ3v) is 2.53. The topological polar surface area (TPSA) is 22.1 Å². The van der Waals surface area contributed by atoms with Gasteiger partial charge in [-0.15, -0.1) is 0 Å². The van der Waals surface area contributed by atoms with E-state index in [-0.39, 0.29) is 5.75 Å². The molecule has 0 amide bonds. The van der Waals surface area contributed by atoms with Crippen molar-refractivity contribution in [3.8, 4) is 5.75 Å². The number of ether oxygens (including phenoxy) is 1. The van der Waals surface area contributed by atoms with Crippen LogP contribution in [-0.2, 0) is 6.42 Å². The second-order valence-corrected chi connectivity index (χ2v) is 3.97. The van der Waals surface area contributed by atoms with E-state index in [2.05, 4.69) is 4.98 Å². The molecule has 2 rings (SSSR count). The van der Waals surface area contributed by atoms with Crippen molar-refractivity contribution < 1.29 is 9.13 Å². The second-order valence-electron chi connectivity index (χ2n) is 3.53. The van der Waals surface area contributed by atoms with Crippen LogP contribution in [0, 0.1) is 5.82 Å². The van der Waals surface area contributed by atoms with Gasteiger partial charge in [0.15, 0.2) is 11.6 Å². The van der Waals surface area contributed by atoms with Gasteiger partial charge in [-0.05, 0) is 35.9 Å². The lowest BCUT2D eigenvalue weighted by Crippen LogP contribution is -2.02. The number of benzene rings is 1. The average Bonchev–Trinajstić information content (AvgIpc) is 2.33. The van der Waals surface area contributed by atoms with Gasteiger partial charge in [0, 0.05) is 23.8 Å². The quantitative estimate of drug-likeness (QED) is 0.830. The summed E-state index contributed by atoms with van der Waals surface area (Å²) in [7, 11) is 0. The molecule has 0 atom stereocenters. The number of rotatable bonds is 4. The van der Waals surface area contributed by atoms with Gasteiger partial charge in [-0.2, -0.15) is 0 Å². The third-order valence-electron chi connectivity index (χ3n) is 2.29. The summed E-state index contributed by atoms with van der Waals surface area (Å²) in [6, 6.07) is 8.18. The maximum absolute atomic E-state index is 13.4. The Labute approximate surface area is 104 Å². The lowest BCUT2D eigenvalue weighted by molar-refractivity contribution is 0.305. The molecular weight excluding hydrogens is 241 g/mol. The lowest BCUT2D eigenvalue weighted by atomic mass is 10.2. The van der Waals surface area contributed by atoms with Gasteiger partial charge in [0.05, 0.1) is 6.61 Å². The molecule has 0 aliphatic rings. The fourth-order valence-electron chi connectivity index (χ4n) is 1.42. The number of halogens is 2. The highest BCUT2D eigenvalue weighted by Crippen LogP contribution is 2.21. The number of hydrogen-bond donors (Lipinski definition) is 0. The molecule has 0 N–H and O–H groups in total. The molecular formula is C13H11ClFNO. The Hall–Kier alpha value is -1.61. The Morgan fingerprint density at radius 3 is 2.65 bits per heavy atom. The standard InChI is InChI=1S/C13H11ClFNO/c14-11-1-2-13(12(15)9-11)17-8-5-10-3-6-16-7-4-10/h1-4,6-7,9H,5,8H2. The fourth-order valence-corrected chi connectivity index (χ4v) is 1.58. The van der Waals surface area contributed by atoms with Gasteiger partial charge in [-0.25, -0.2) is 4.39 Å². The van der Waals surface area contributed by atoms with Crippen LogP contribution in [0.2, 0.25) is 5.02 Å². The van der Waals surface area contributed by atoms with E-state index in [0.29, 0.717) is 18.1 Å². The maximum atomic E-state index is 13.4. The molecule has 2 nitrogen and oxygen atoms in total. The van der Waals surface area contributed by atoms with Crippen LogP contribution >= 0.6 is 11.6 Å². The summed E-state index contributed by atoms with van der Waals surface area (Å²) in [6.07, 6.45) is 4.15. The van der Waals surface area contributed by atoms with E-state index in [0.717, 1.165) is 5.56 Å². The highest BCUT2D eigenvalue weighted by Gasteiger charge is 2.03. The van der Waals surface area contributed by atoms with E-state index in [1.54, 1.807) is 18.5 Å². The Bertz CT molecular complexity index is 490. The number of nitrogens with zero attached hydrogens (tertiary/aromatic N) is 1. The molecule has 17 heavy (non-hydrogen) atoms. The first-order valence-electron chi connectivity index (χ1n) is 5.22. The summed E-state index contributed by atoms with van der Waals surface area (Å²) in [5.74, 6) is -0.212. The Morgan fingerprint density at radius 1 is 1.18 bits per heavy atom. The summed E-state index contributed by atoms with van der Waals surface area (Å²) in [4.78, 5) is 3.92. The van der Waals surface area contributed by atoms with E-state index in [1.165, 1.54) is 12.1 Å². The van der Waals surface area contributed by atoms with E-state index < -0.39 is 5.82 Å². The number of pyridine rings is 1. The highest BCUT2D eigenvalue weighted by molar-refractivity contribution is 6.30. The molecule has 1 heterocycles. The lowest BCUT2D eigenvalue weighted by Gasteiger charge is -2.07. The normalized spacial score (nSPS) is 10.2. The first-order valence-corrected chi connectivity index (χ1v) is 5.60. The Balaban J connectivity index is 1.90. The minimum absolute atomic E-state index is 0.225. The summed E-state index contributed by atoms with van der Waals surface area (Å²) in [6.45, 7) is 0.419. The van der Waals surface area contributed by atoms with Gasteiger partial charge in [0.25, 0.3) is 0 Å². The number of aromatic nitrogens is 1. The molecule has 88 valence electrons. The monoisotopic (exact) mass is 251 g/mol. The fraction of sp³-hybridized carbons (Fsp3) is 0.154. The number of hydrogen-bond acceptors (Lipinski definition) is 2. The van der Waals surface area contributed by atoms with Crippen molar-refractivity contribution in [2.45, 2.75) is 6.42 Å². The van der Waals surface area contributed by atoms with Crippen molar-refractivity contribution in [1.29, 1.82) is 0 Å². The average molecular weight is 252 g/mol. The molecule has 1 aromatic heterocycles. The van der Waals surface area contributed by atoms with Crippen molar-refractivity contribution >= 4 is 11.6 Å². The molecule has 0 saturated carbocycles. The van der Waals surface area contributed by atoms with Crippen LogP contribution in [0.4, 0.5) is 4.39 Å². The first-order chi connectivity index (χ1) is 8.25. The largest absolute Gasteiger partial charge is 0.490 e. The zero-order valence-corrected chi connectivity index (χ0v) is 9.82. The first kappa shape index (κ1) is 11.9. The third kappa shape index (κ3) is 3.43. The van der Waals surface area contributed by atoms with Gasteiger partial charge in [0.2, 0.25) is 0 Å². The van der Waals surface area contributed by atoms with Gasteiger partial charge >= 0.3 is 0 Å². The Morgan fingerprint density at radius 2 is 1.94 bits per heavy atom. The zero-order valence-electron chi connectivity index (χ0n) is 9.07. The van der Waals surface area contributed by atoms with Gasteiger partial charge in [-0.1, -0.05) is 11.6 Å². The second kappa shape index (κ2) is 5.64. The van der Waals surface area contributed by atoms with Crippen LogP contribution in [0.5, 0.6) is 5.75 Å². The van der Waals surface area contributed by atoms with Crippen molar-refractivity contribution in [2.24, 2.45) is 0 Å². The van der Waals surface area contributed by atoms with Crippen LogP contribution in [0.15, 0.2) is 42.7 Å². The van der Waals surface area contributed by atoms with E-state index in [9.17, 15) is 4.39 Å². The van der Waals surface area contributed by atoms with Crippen LogP contribution in [-0.4, -0.2) is 11.6 Å². The van der Waals surface area contributed by atoms with Crippen molar-refractivity contribution in [3.05, 3.63) is 59.1 Å².